The van der Waals surface area contributed by atoms with Crippen molar-refractivity contribution in [3.63, 3.8) is 0 Å². The molecule has 0 radical (unpaired) electrons. The molecule has 2 heterocycles. The third-order valence-corrected chi connectivity index (χ3v) is 4.51. The SMILES string of the molecule is Cn1c(=O)c2c(c3ccccc31)O[C@](C)(C/C=C/C(C)(C)OO)C=C2. The fraction of sp³-hybridized carbons (Fsp3) is 0.350. The predicted molar refractivity (Wildman–Crippen MR) is 98.8 cm³/mol. The number of aromatic nitrogens is 1. The van der Waals surface area contributed by atoms with Crippen molar-refractivity contribution < 1.29 is 14.9 Å². The van der Waals surface area contributed by atoms with Crippen LogP contribution in [-0.4, -0.2) is 21.0 Å². The summed E-state index contributed by atoms with van der Waals surface area (Å²) in [7, 11) is 1.77. The molecule has 132 valence electrons. The summed E-state index contributed by atoms with van der Waals surface area (Å²) in [5, 5.41) is 9.78. The Hall–Kier alpha value is -2.37. The third kappa shape index (κ3) is 3.25. The molecule has 1 N–H and O–H groups in total. The maximum Gasteiger partial charge on any atom is 0.261 e. The largest absolute Gasteiger partial charge is 0.482 e. The van der Waals surface area contributed by atoms with Crippen molar-refractivity contribution in [2.24, 2.45) is 7.05 Å². The Morgan fingerprint density at radius 3 is 2.80 bits per heavy atom. The molecule has 0 unspecified atom stereocenters. The Morgan fingerprint density at radius 2 is 2.08 bits per heavy atom. The molecule has 0 fully saturated rings. The lowest BCUT2D eigenvalue weighted by Gasteiger charge is -2.32. The van der Waals surface area contributed by atoms with Crippen molar-refractivity contribution in [2.45, 2.75) is 38.4 Å². The minimum absolute atomic E-state index is 0.0719. The highest BCUT2D eigenvalue weighted by Gasteiger charge is 2.29. The maximum atomic E-state index is 12.6. The number of aryl methyl sites for hydroxylation is 1. The quantitative estimate of drug-likeness (QED) is 0.520. The number of ether oxygens (including phenoxy) is 1. The van der Waals surface area contributed by atoms with Gasteiger partial charge in [0.15, 0.2) is 0 Å². The number of pyridine rings is 1. The summed E-state index contributed by atoms with van der Waals surface area (Å²) in [6.07, 6.45) is 8.03. The number of fused-ring (bicyclic) bond motifs is 3. The number of para-hydroxylation sites is 1. The van der Waals surface area contributed by atoms with Gasteiger partial charge in [0.1, 0.15) is 17.0 Å². The van der Waals surface area contributed by atoms with E-state index in [1.807, 2.05) is 49.4 Å². The summed E-state index contributed by atoms with van der Waals surface area (Å²) < 4.78 is 7.91. The number of rotatable bonds is 4. The normalized spacial score (nSPS) is 20.0. The molecule has 1 aliphatic rings. The first-order valence-corrected chi connectivity index (χ1v) is 8.27. The van der Waals surface area contributed by atoms with Crippen molar-refractivity contribution in [2.75, 3.05) is 0 Å². The standard InChI is InChI=1S/C20H23NO4/c1-19(2,25-23)11-7-12-20(3)13-10-15-17(24-20)14-8-5-6-9-16(14)21(4)18(15)22/h5-11,13,23H,12H2,1-4H3/b11-7+/t20-/m1/s1. The van der Waals surface area contributed by atoms with Crippen LogP contribution in [0.15, 0.2) is 47.3 Å². The van der Waals surface area contributed by atoms with E-state index in [9.17, 15) is 4.79 Å². The Kier molecular flexibility index (Phi) is 4.31. The molecule has 1 aromatic heterocycles. The van der Waals surface area contributed by atoms with Gasteiger partial charge in [-0.1, -0.05) is 24.3 Å². The minimum Gasteiger partial charge on any atom is -0.482 e. The van der Waals surface area contributed by atoms with Crippen molar-refractivity contribution in [3.8, 4) is 5.75 Å². The third-order valence-electron chi connectivity index (χ3n) is 4.51. The Bertz CT molecular complexity index is 923. The van der Waals surface area contributed by atoms with Crippen LogP contribution in [0.25, 0.3) is 17.0 Å². The van der Waals surface area contributed by atoms with Gasteiger partial charge in [-0.15, -0.1) is 0 Å². The van der Waals surface area contributed by atoms with Crippen LogP contribution in [0.1, 0.15) is 32.8 Å². The minimum atomic E-state index is -0.755. The fourth-order valence-electron chi connectivity index (χ4n) is 2.99. The monoisotopic (exact) mass is 341 g/mol. The second-order valence-corrected chi connectivity index (χ2v) is 7.17. The molecule has 1 aromatic carbocycles. The molecular formula is C20H23NO4. The van der Waals surface area contributed by atoms with E-state index in [-0.39, 0.29) is 5.56 Å². The molecular weight excluding hydrogens is 318 g/mol. The zero-order chi connectivity index (χ0) is 18.2. The molecule has 0 saturated heterocycles. The Morgan fingerprint density at radius 1 is 1.36 bits per heavy atom. The summed E-state index contributed by atoms with van der Waals surface area (Å²) in [5.41, 5.74) is 0.00714. The van der Waals surface area contributed by atoms with Gasteiger partial charge >= 0.3 is 0 Å². The van der Waals surface area contributed by atoms with Crippen molar-refractivity contribution >= 4 is 17.0 Å². The lowest BCUT2D eigenvalue weighted by Crippen LogP contribution is -2.34. The highest BCUT2D eigenvalue weighted by Crippen LogP contribution is 2.36. The van der Waals surface area contributed by atoms with E-state index in [0.29, 0.717) is 17.7 Å². The van der Waals surface area contributed by atoms with Gasteiger partial charge in [-0.05, 0) is 45.1 Å². The van der Waals surface area contributed by atoms with E-state index in [0.717, 1.165) is 10.9 Å². The van der Waals surface area contributed by atoms with Gasteiger partial charge in [0, 0.05) is 18.9 Å². The lowest BCUT2D eigenvalue weighted by molar-refractivity contribution is -0.297. The highest BCUT2D eigenvalue weighted by molar-refractivity contribution is 5.89. The van der Waals surface area contributed by atoms with Gasteiger partial charge in [0.05, 0.1) is 11.1 Å². The summed E-state index contributed by atoms with van der Waals surface area (Å²) in [4.78, 5) is 17.0. The van der Waals surface area contributed by atoms with Crippen LogP contribution in [-0.2, 0) is 11.9 Å². The molecule has 2 aromatic rings. The van der Waals surface area contributed by atoms with Gasteiger partial charge in [-0.2, -0.15) is 0 Å². The predicted octanol–water partition coefficient (Wildman–Crippen LogP) is 3.92. The molecule has 0 bridgehead atoms. The van der Waals surface area contributed by atoms with Crippen molar-refractivity contribution in [1.29, 1.82) is 0 Å². The second kappa shape index (κ2) is 6.17. The number of hydrogen-bond acceptors (Lipinski definition) is 4. The summed E-state index contributed by atoms with van der Waals surface area (Å²) in [6, 6.07) is 7.72. The molecule has 0 spiro atoms. The lowest BCUT2D eigenvalue weighted by atomic mass is 9.95. The van der Waals surface area contributed by atoms with E-state index in [4.69, 9.17) is 9.99 Å². The fourth-order valence-corrected chi connectivity index (χ4v) is 2.99. The molecule has 0 amide bonds. The maximum absolute atomic E-state index is 12.6. The van der Waals surface area contributed by atoms with Crippen LogP contribution in [0.5, 0.6) is 5.75 Å². The van der Waals surface area contributed by atoms with Crippen LogP contribution < -0.4 is 10.3 Å². The van der Waals surface area contributed by atoms with E-state index in [1.165, 1.54) is 0 Å². The molecule has 1 aliphatic heterocycles. The van der Waals surface area contributed by atoms with Crippen LogP contribution in [0.3, 0.4) is 0 Å². The van der Waals surface area contributed by atoms with Crippen LogP contribution in [0, 0.1) is 0 Å². The summed E-state index contributed by atoms with van der Waals surface area (Å²) in [6.45, 7) is 5.49. The first kappa shape index (κ1) is 17.5. The first-order chi connectivity index (χ1) is 11.8. The highest BCUT2D eigenvalue weighted by atomic mass is 17.1. The number of nitrogens with zero attached hydrogens (tertiary/aromatic N) is 1. The van der Waals surface area contributed by atoms with Crippen molar-refractivity contribution in [3.05, 3.63) is 58.4 Å². The van der Waals surface area contributed by atoms with Gasteiger partial charge in [0.25, 0.3) is 5.56 Å². The summed E-state index contributed by atoms with van der Waals surface area (Å²) >= 11 is 0. The topological polar surface area (TPSA) is 60.7 Å². The zero-order valence-electron chi connectivity index (χ0n) is 14.9. The van der Waals surface area contributed by atoms with E-state index in [1.54, 1.807) is 31.5 Å². The average molecular weight is 341 g/mol. The number of hydrogen-bond donors (Lipinski definition) is 1. The summed E-state index contributed by atoms with van der Waals surface area (Å²) in [5.74, 6) is 0.620. The van der Waals surface area contributed by atoms with Gasteiger partial charge in [-0.3, -0.25) is 10.1 Å². The first-order valence-electron chi connectivity index (χ1n) is 8.27. The Labute approximate surface area is 146 Å². The van der Waals surface area contributed by atoms with E-state index < -0.39 is 11.2 Å². The zero-order valence-corrected chi connectivity index (χ0v) is 14.9. The van der Waals surface area contributed by atoms with Gasteiger partial charge in [-0.25, -0.2) is 4.89 Å². The van der Waals surface area contributed by atoms with Crippen LogP contribution >= 0.6 is 0 Å². The average Bonchev–Trinajstić information content (AvgIpc) is 2.59. The van der Waals surface area contributed by atoms with Gasteiger partial charge < -0.3 is 9.30 Å². The molecule has 5 heteroatoms. The molecule has 0 aliphatic carbocycles. The van der Waals surface area contributed by atoms with Crippen LogP contribution in [0.2, 0.25) is 0 Å². The van der Waals surface area contributed by atoms with E-state index in [2.05, 4.69) is 4.89 Å². The van der Waals surface area contributed by atoms with Crippen molar-refractivity contribution in [1.82, 2.24) is 4.57 Å². The molecule has 3 rings (SSSR count). The van der Waals surface area contributed by atoms with Crippen LogP contribution in [0.4, 0.5) is 0 Å². The molecule has 5 nitrogen and oxygen atoms in total. The smallest absolute Gasteiger partial charge is 0.261 e. The van der Waals surface area contributed by atoms with E-state index >= 15 is 0 Å². The molecule has 1 atom stereocenters. The molecule has 25 heavy (non-hydrogen) atoms. The molecule has 0 saturated carbocycles. The van der Waals surface area contributed by atoms with Gasteiger partial charge in [0.2, 0.25) is 0 Å². The number of benzene rings is 1. The second-order valence-electron chi connectivity index (χ2n) is 7.17. The Balaban J connectivity index is 2.00.